The largest absolute Gasteiger partial charge is 0.339 e. The fraction of sp³-hybridized carbons (Fsp3) is 0.261. The first-order valence-corrected chi connectivity index (χ1v) is 10.4. The second-order valence-electron chi connectivity index (χ2n) is 8.02. The minimum atomic E-state index is -0.595. The van der Waals surface area contributed by atoms with Crippen molar-refractivity contribution in [2.75, 3.05) is 18.0 Å². The van der Waals surface area contributed by atoms with Crippen molar-refractivity contribution in [3.8, 4) is 28.6 Å². The van der Waals surface area contributed by atoms with Gasteiger partial charge in [-0.05, 0) is 37.1 Å². The molecule has 0 spiro atoms. The lowest BCUT2D eigenvalue weighted by Gasteiger charge is -2.30. The van der Waals surface area contributed by atoms with Crippen molar-refractivity contribution in [2.24, 2.45) is 12.8 Å². The van der Waals surface area contributed by atoms with Crippen molar-refractivity contribution in [3.05, 3.63) is 54.0 Å². The normalized spacial score (nSPS) is 14.6. The first-order valence-electron chi connectivity index (χ1n) is 10.4. The third kappa shape index (κ3) is 3.65. The zero-order valence-electron chi connectivity index (χ0n) is 17.5. The molecule has 5 rings (SSSR count). The van der Waals surface area contributed by atoms with Crippen molar-refractivity contribution in [1.82, 2.24) is 25.0 Å². The Morgan fingerprint density at radius 1 is 1.06 bits per heavy atom. The fourth-order valence-electron chi connectivity index (χ4n) is 4.00. The smallest absolute Gasteiger partial charge is 0.245 e. The molecule has 0 saturated carbocycles. The Labute approximate surface area is 184 Å². The van der Waals surface area contributed by atoms with E-state index < -0.39 is 5.82 Å². The van der Waals surface area contributed by atoms with Gasteiger partial charge >= 0.3 is 0 Å². The highest BCUT2D eigenvalue weighted by atomic mass is 19.1. The van der Waals surface area contributed by atoms with E-state index in [0.717, 1.165) is 42.4 Å². The molecule has 1 fully saturated rings. The fourth-order valence-corrected chi connectivity index (χ4v) is 4.00. The third-order valence-corrected chi connectivity index (χ3v) is 5.75. The molecule has 0 atom stereocenters. The minimum Gasteiger partial charge on any atom is -0.339 e. The van der Waals surface area contributed by atoms with E-state index in [2.05, 4.69) is 15.3 Å². The van der Waals surface area contributed by atoms with Crippen molar-refractivity contribution in [3.63, 3.8) is 0 Å². The molecule has 9 heteroatoms. The van der Waals surface area contributed by atoms with Crippen LogP contribution in [0.3, 0.4) is 0 Å². The number of hydrogen-bond acceptors (Lipinski definition) is 7. The molecule has 2 aromatic carbocycles. The van der Waals surface area contributed by atoms with E-state index in [1.807, 2.05) is 42.4 Å². The van der Waals surface area contributed by atoms with Crippen LogP contribution in [0.2, 0.25) is 0 Å². The highest BCUT2D eigenvalue weighted by molar-refractivity contribution is 5.87. The number of fused-ring (bicyclic) bond motifs is 1. The summed E-state index contributed by atoms with van der Waals surface area (Å²) in [6, 6.07) is 12.3. The maximum absolute atomic E-state index is 14.5. The van der Waals surface area contributed by atoms with E-state index >= 15 is 0 Å². The summed E-state index contributed by atoms with van der Waals surface area (Å²) in [5, 5.41) is 23.4. The molecular formula is C23H21FN8. The molecule has 0 amide bonds. The summed E-state index contributed by atoms with van der Waals surface area (Å²) >= 11 is 0. The summed E-state index contributed by atoms with van der Waals surface area (Å²) in [7, 11) is 1.87. The summed E-state index contributed by atoms with van der Waals surface area (Å²) in [6.45, 7) is 1.48. The molecule has 1 saturated heterocycles. The molecule has 0 bridgehead atoms. The van der Waals surface area contributed by atoms with Crippen LogP contribution in [0.1, 0.15) is 18.4 Å². The van der Waals surface area contributed by atoms with Crippen LogP contribution in [0.15, 0.2) is 42.6 Å². The van der Waals surface area contributed by atoms with Crippen molar-refractivity contribution >= 4 is 16.9 Å². The van der Waals surface area contributed by atoms with Gasteiger partial charge in [0.15, 0.2) is 0 Å². The van der Waals surface area contributed by atoms with E-state index in [-0.39, 0.29) is 11.6 Å². The zero-order valence-corrected chi connectivity index (χ0v) is 17.5. The highest BCUT2D eigenvalue weighted by Gasteiger charge is 2.22. The van der Waals surface area contributed by atoms with Crippen LogP contribution in [-0.4, -0.2) is 44.1 Å². The molecule has 2 N–H and O–H groups in total. The van der Waals surface area contributed by atoms with Gasteiger partial charge in [0.2, 0.25) is 5.95 Å². The standard InChI is InChI=1S/C23H21FN8/c1-31-13-17-10-14(4-5-20(17)30-31)22-21(15-2-3-16(12-25)19(24)11-15)27-23(29-28-22)32-8-6-18(26)7-9-32/h2-5,10-11,13,18H,6-9,26H2,1H3. The van der Waals surface area contributed by atoms with Crippen LogP contribution < -0.4 is 10.6 Å². The zero-order chi connectivity index (χ0) is 22.2. The second kappa shape index (κ2) is 7.98. The number of benzene rings is 2. The molecule has 32 heavy (non-hydrogen) atoms. The first-order chi connectivity index (χ1) is 15.5. The molecule has 0 unspecified atom stereocenters. The molecular weight excluding hydrogens is 407 g/mol. The summed E-state index contributed by atoms with van der Waals surface area (Å²) < 4.78 is 16.2. The quantitative estimate of drug-likeness (QED) is 0.534. The number of nitrogens with two attached hydrogens (primary N) is 1. The van der Waals surface area contributed by atoms with Crippen molar-refractivity contribution in [1.29, 1.82) is 5.26 Å². The van der Waals surface area contributed by atoms with Gasteiger partial charge in [-0.1, -0.05) is 12.1 Å². The van der Waals surface area contributed by atoms with Crippen LogP contribution in [0.25, 0.3) is 33.4 Å². The van der Waals surface area contributed by atoms with Gasteiger partial charge in [0.05, 0.1) is 11.1 Å². The molecule has 1 aliphatic heterocycles. The number of aryl methyl sites for hydroxylation is 1. The number of anilines is 1. The van der Waals surface area contributed by atoms with E-state index in [4.69, 9.17) is 16.0 Å². The van der Waals surface area contributed by atoms with Crippen LogP contribution in [0, 0.1) is 17.1 Å². The molecule has 2 aromatic heterocycles. The van der Waals surface area contributed by atoms with Gasteiger partial charge in [-0.15, -0.1) is 10.2 Å². The Bertz CT molecular complexity index is 1350. The number of halogens is 1. The minimum absolute atomic E-state index is 0.0145. The maximum atomic E-state index is 14.5. The molecule has 0 radical (unpaired) electrons. The van der Waals surface area contributed by atoms with E-state index in [1.165, 1.54) is 12.1 Å². The molecule has 160 valence electrons. The van der Waals surface area contributed by atoms with Crippen LogP contribution >= 0.6 is 0 Å². The summed E-state index contributed by atoms with van der Waals surface area (Å²) in [5.41, 5.74) is 9.27. The number of rotatable bonds is 3. The van der Waals surface area contributed by atoms with Gasteiger partial charge in [-0.25, -0.2) is 9.37 Å². The topological polar surface area (TPSA) is 110 Å². The lowest BCUT2D eigenvalue weighted by Crippen LogP contribution is -2.40. The average molecular weight is 428 g/mol. The predicted octanol–water partition coefficient (Wildman–Crippen LogP) is 3.03. The Kier molecular flexibility index (Phi) is 4.99. The average Bonchev–Trinajstić information content (AvgIpc) is 3.18. The number of nitrogens with zero attached hydrogens (tertiary/aromatic N) is 7. The summed E-state index contributed by atoms with van der Waals surface area (Å²) in [6.07, 6.45) is 3.62. The van der Waals surface area contributed by atoms with Crippen LogP contribution in [-0.2, 0) is 7.05 Å². The van der Waals surface area contributed by atoms with E-state index in [1.54, 1.807) is 10.7 Å². The molecule has 8 nitrogen and oxygen atoms in total. The highest BCUT2D eigenvalue weighted by Crippen LogP contribution is 2.32. The van der Waals surface area contributed by atoms with Gasteiger partial charge in [-0.2, -0.15) is 10.4 Å². The lowest BCUT2D eigenvalue weighted by atomic mass is 10.0. The van der Waals surface area contributed by atoms with Crippen LogP contribution in [0.4, 0.5) is 10.3 Å². The van der Waals surface area contributed by atoms with Crippen LogP contribution in [0.5, 0.6) is 0 Å². The van der Waals surface area contributed by atoms with Crippen molar-refractivity contribution < 1.29 is 4.39 Å². The Balaban J connectivity index is 1.64. The second-order valence-corrected chi connectivity index (χ2v) is 8.02. The summed E-state index contributed by atoms with van der Waals surface area (Å²) in [4.78, 5) is 6.84. The van der Waals surface area contributed by atoms with Gasteiger partial charge in [0.1, 0.15) is 23.3 Å². The molecule has 3 heterocycles. The maximum Gasteiger partial charge on any atom is 0.245 e. The number of hydrogen-bond donors (Lipinski definition) is 1. The molecule has 4 aromatic rings. The molecule has 1 aliphatic rings. The summed E-state index contributed by atoms with van der Waals surface area (Å²) in [5.74, 6) is -0.106. The Hall–Kier alpha value is -3.90. The first kappa shape index (κ1) is 20.0. The van der Waals surface area contributed by atoms with Gasteiger partial charge in [0, 0.05) is 48.9 Å². The van der Waals surface area contributed by atoms with E-state index in [9.17, 15) is 4.39 Å². The number of aromatic nitrogens is 5. The third-order valence-electron chi connectivity index (χ3n) is 5.75. The lowest BCUT2D eigenvalue weighted by molar-refractivity contribution is 0.494. The Morgan fingerprint density at radius 3 is 2.56 bits per heavy atom. The SMILES string of the molecule is Cn1cc2cc(-c3nnc(N4CCC(N)CC4)nc3-c3ccc(C#N)c(F)c3)ccc2n1. The Morgan fingerprint density at radius 2 is 1.81 bits per heavy atom. The van der Waals surface area contributed by atoms with Gasteiger partial charge in [0.25, 0.3) is 0 Å². The molecule has 0 aliphatic carbocycles. The van der Waals surface area contributed by atoms with E-state index in [0.29, 0.717) is 22.9 Å². The number of piperidine rings is 1. The van der Waals surface area contributed by atoms with Gasteiger partial charge < -0.3 is 10.6 Å². The number of nitriles is 1. The van der Waals surface area contributed by atoms with Crippen molar-refractivity contribution in [2.45, 2.75) is 18.9 Å². The van der Waals surface area contributed by atoms with Gasteiger partial charge in [-0.3, -0.25) is 4.68 Å². The predicted molar refractivity (Wildman–Crippen MR) is 119 cm³/mol. The monoisotopic (exact) mass is 428 g/mol.